The first-order valence-electron chi connectivity index (χ1n) is 6.13. The van der Waals surface area contributed by atoms with Gasteiger partial charge in [0.1, 0.15) is 0 Å². The first-order chi connectivity index (χ1) is 8.72. The van der Waals surface area contributed by atoms with Crippen molar-refractivity contribution in [3.63, 3.8) is 0 Å². The largest absolute Gasteiger partial charge is 0.347 e. The molecule has 2 heterocycles. The summed E-state index contributed by atoms with van der Waals surface area (Å²) in [5, 5.41) is 2.87. The third kappa shape index (κ3) is 2.01. The Morgan fingerprint density at radius 2 is 2.00 bits per heavy atom. The van der Waals surface area contributed by atoms with Crippen LogP contribution in [0.1, 0.15) is 18.4 Å². The van der Waals surface area contributed by atoms with Gasteiger partial charge < -0.3 is 10.2 Å². The highest BCUT2D eigenvalue weighted by molar-refractivity contribution is 5.94. The zero-order valence-corrected chi connectivity index (χ0v) is 9.98. The van der Waals surface area contributed by atoms with Crippen LogP contribution in [0.2, 0.25) is 0 Å². The smallest absolute Gasteiger partial charge is 0.224 e. The van der Waals surface area contributed by atoms with E-state index in [1.165, 1.54) is 0 Å². The second-order valence-electron chi connectivity index (χ2n) is 4.62. The van der Waals surface area contributed by atoms with Gasteiger partial charge in [0.25, 0.3) is 0 Å². The fourth-order valence-electron chi connectivity index (χ4n) is 2.33. The number of carbonyl (C=O) groups is 2. The number of carbonyl (C=O) groups excluding carboxylic acids is 2. The lowest BCUT2D eigenvalue weighted by Gasteiger charge is -2.25. The fraction of sp³-hybridized carbons (Fsp3) is 0.286. The number of hydrogen-bond acceptors (Lipinski definition) is 3. The number of nitrogens with one attached hydrogen (secondary N) is 1. The van der Waals surface area contributed by atoms with E-state index in [1.54, 1.807) is 6.08 Å². The molecule has 2 aliphatic rings. The van der Waals surface area contributed by atoms with Crippen LogP contribution >= 0.6 is 0 Å². The van der Waals surface area contributed by atoms with Gasteiger partial charge in [0.2, 0.25) is 5.91 Å². The Morgan fingerprint density at radius 3 is 2.78 bits per heavy atom. The molecule has 92 valence electrons. The summed E-state index contributed by atoms with van der Waals surface area (Å²) in [5.74, 6) is 0.259. The number of amides is 1. The molecule has 1 amide bonds. The normalized spacial score (nSPS) is 18.6. The summed E-state index contributed by atoms with van der Waals surface area (Å²) in [5.41, 5.74) is 3.15. The van der Waals surface area contributed by atoms with E-state index in [9.17, 15) is 9.59 Å². The maximum atomic E-state index is 11.3. The molecule has 0 unspecified atom stereocenters. The summed E-state index contributed by atoms with van der Waals surface area (Å²) in [6.45, 7) is 0.723. The van der Waals surface area contributed by atoms with Crippen molar-refractivity contribution in [3.05, 3.63) is 36.0 Å². The summed E-state index contributed by atoms with van der Waals surface area (Å²) >= 11 is 0. The molecule has 4 heteroatoms. The zero-order chi connectivity index (χ0) is 12.5. The van der Waals surface area contributed by atoms with Gasteiger partial charge in [-0.3, -0.25) is 9.59 Å². The van der Waals surface area contributed by atoms with E-state index in [-0.39, 0.29) is 11.7 Å². The average Bonchev–Trinajstić information content (AvgIpc) is 2.39. The fourth-order valence-corrected chi connectivity index (χ4v) is 2.33. The summed E-state index contributed by atoms with van der Waals surface area (Å²) in [7, 11) is 0. The van der Waals surface area contributed by atoms with Crippen molar-refractivity contribution in [1.82, 2.24) is 0 Å². The molecule has 0 fully saturated rings. The van der Waals surface area contributed by atoms with Crippen molar-refractivity contribution in [2.45, 2.75) is 19.3 Å². The van der Waals surface area contributed by atoms with Crippen LogP contribution < -0.4 is 10.2 Å². The maximum absolute atomic E-state index is 11.3. The SMILES string of the molecule is O=C1C=CN(c2ccc3c(c2)CCC(=O)N3)CC1. The molecule has 18 heavy (non-hydrogen) atoms. The molecule has 2 aliphatic heterocycles. The van der Waals surface area contributed by atoms with Gasteiger partial charge in [-0.05, 0) is 36.3 Å². The summed E-state index contributed by atoms with van der Waals surface area (Å²) < 4.78 is 0. The minimum Gasteiger partial charge on any atom is -0.347 e. The van der Waals surface area contributed by atoms with Gasteiger partial charge in [0.05, 0.1) is 0 Å². The molecular formula is C14H14N2O2. The molecule has 0 aliphatic carbocycles. The van der Waals surface area contributed by atoms with Gasteiger partial charge in [0, 0.05) is 37.0 Å². The van der Waals surface area contributed by atoms with Gasteiger partial charge in [-0.1, -0.05) is 0 Å². The number of allylic oxidation sites excluding steroid dienone is 1. The van der Waals surface area contributed by atoms with Gasteiger partial charge >= 0.3 is 0 Å². The third-order valence-electron chi connectivity index (χ3n) is 3.36. The van der Waals surface area contributed by atoms with E-state index >= 15 is 0 Å². The monoisotopic (exact) mass is 242 g/mol. The Balaban J connectivity index is 1.88. The Bertz CT molecular complexity index is 549. The first-order valence-corrected chi connectivity index (χ1v) is 6.13. The predicted octanol–water partition coefficient (Wildman–Crippen LogP) is 1.86. The van der Waals surface area contributed by atoms with E-state index in [0.717, 1.165) is 29.9 Å². The number of anilines is 2. The highest BCUT2D eigenvalue weighted by Crippen LogP contribution is 2.28. The van der Waals surface area contributed by atoms with E-state index < -0.39 is 0 Å². The number of hydrogen-bond donors (Lipinski definition) is 1. The maximum Gasteiger partial charge on any atom is 0.224 e. The molecule has 0 spiro atoms. The number of aryl methyl sites for hydroxylation is 1. The van der Waals surface area contributed by atoms with Crippen molar-refractivity contribution >= 4 is 23.1 Å². The first kappa shape index (κ1) is 11.0. The van der Waals surface area contributed by atoms with Crippen LogP contribution in [0.3, 0.4) is 0 Å². The zero-order valence-electron chi connectivity index (χ0n) is 9.98. The quantitative estimate of drug-likeness (QED) is 0.817. The number of rotatable bonds is 1. The molecule has 0 bridgehead atoms. The molecule has 1 aromatic rings. The van der Waals surface area contributed by atoms with Gasteiger partial charge in [-0.25, -0.2) is 0 Å². The van der Waals surface area contributed by atoms with E-state index in [0.29, 0.717) is 12.8 Å². The Kier molecular flexibility index (Phi) is 2.63. The highest BCUT2D eigenvalue weighted by Gasteiger charge is 2.17. The van der Waals surface area contributed by atoms with Crippen LogP contribution in [-0.4, -0.2) is 18.2 Å². The minimum atomic E-state index is 0.0821. The molecule has 0 atom stereocenters. The molecule has 1 N–H and O–H groups in total. The van der Waals surface area contributed by atoms with Crippen molar-refractivity contribution in [2.24, 2.45) is 0 Å². The second kappa shape index (κ2) is 4.29. The van der Waals surface area contributed by atoms with Gasteiger partial charge in [-0.15, -0.1) is 0 Å². The van der Waals surface area contributed by atoms with Gasteiger partial charge in [0.15, 0.2) is 5.78 Å². The molecule has 4 nitrogen and oxygen atoms in total. The van der Waals surface area contributed by atoms with Crippen LogP contribution in [0.5, 0.6) is 0 Å². The van der Waals surface area contributed by atoms with Crippen molar-refractivity contribution < 1.29 is 9.59 Å². The molecule has 3 rings (SSSR count). The van der Waals surface area contributed by atoms with E-state index in [2.05, 4.69) is 16.3 Å². The summed E-state index contributed by atoms with van der Waals surface area (Å²) in [6, 6.07) is 6.01. The molecular weight excluding hydrogens is 228 g/mol. The molecule has 1 aromatic carbocycles. The number of benzene rings is 1. The Labute approximate surface area is 105 Å². The van der Waals surface area contributed by atoms with Crippen molar-refractivity contribution in [3.8, 4) is 0 Å². The lowest BCUT2D eigenvalue weighted by molar-refractivity contribution is -0.116. The number of fused-ring (bicyclic) bond motifs is 1. The van der Waals surface area contributed by atoms with Crippen LogP contribution in [0.15, 0.2) is 30.5 Å². The number of ketones is 1. The van der Waals surface area contributed by atoms with Crippen LogP contribution in [0.4, 0.5) is 11.4 Å². The number of nitrogens with zero attached hydrogens (tertiary/aromatic N) is 1. The van der Waals surface area contributed by atoms with Crippen molar-refractivity contribution in [2.75, 3.05) is 16.8 Å². The standard InChI is InChI=1S/C14H14N2O2/c17-12-5-7-16(8-6-12)11-2-3-13-10(9-11)1-4-14(18)15-13/h2-3,5,7,9H,1,4,6,8H2,(H,15,18). The van der Waals surface area contributed by atoms with E-state index in [4.69, 9.17) is 0 Å². The topological polar surface area (TPSA) is 49.4 Å². The van der Waals surface area contributed by atoms with E-state index in [1.807, 2.05) is 18.3 Å². The summed E-state index contributed by atoms with van der Waals surface area (Å²) in [6.07, 6.45) is 5.33. The summed E-state index contributed by atoms with van der Waals surface area (Å²) in [4.78, 5) is 24.5. The Morgan fingerprint density at radius 1 is 1.11 bits per heavy atom. The molecule has 0 aromatic heterocycles. The highest BCUT2D eigenvalue weighted by atomic mass is 16.1. The third-order valence-corrected chi connectivity index (χ3v) is 3.36. The second-order valence-corrected chi connectivity index (χ2v) is 4.62. The average molecular weight is 242 g/mol. The Hall–Kier alpha value is -2.10. The van der Waals surface area contributed by atoms with Gasteiger partial charge in [-0.2, -0.15) is 0 Å². The molecule has 0 saturated carbocycles. The van der Waals surface area contributed by atoms with Crippen LogP contribution in [0, 0.1) is 0 Å². The lowest BCUT2D eigenvalue weighted by atomic mass is 10.0. The molecule has 0 saturated heterocycles. The van der Waals surface area contributed by atoms with Crippen LogP contribution in [0.25, 0.3) is 0 Å². The lowest BCUT2D eigenvalue weighted by Crippen LogP contribution is -2.25. The van der Waals surface area contributed by atoms with Crippen molar-refractivity contribution in [1.29, 1.82) is 0 Å². The predicted molar refractivity (Wildman–Crippen MR) is 69.5 cm³/mol. The van der Waals surface area contributed by atoms with Crippen LogP contribution in [-0.2, 0) is 16.0 Å². The minimum absolute atomic E-state index is 0.0821. The molecule has 0 radical (unpaired) electrons.